The summed E-state index contributed by atoms with van der Waals surface area (Å²) in [6.07, 6.45) is 2.73. The number of rotatable bonds is 4. The van der Waals surface area contributed by atoms with Crippen molar-refractivity contribution in [2.75, 3.05) is 11.6 Å². The zero-order chi connectivity index (χ0) is 13.1. The van der Waals surface area contributed by atoms with Crippen LogP contribution in [-0.4, -0.2) is 11.2 Å². The lowest BCUT2D eigenvalue weighted by atomic mass is 10.2. The second-order valence-electron chi connectivity index (χ2n) is 3.72. The summed E-state index contributed by atoms with van der Waals surface area (Å²) in [4.78, 5) is 9.96. The van der Waals surface area contributed by atoms with Crippen molar-refractivity contribution in [3.8, 4) is 0 Å². The highest BCUT2D eigenvalue weighted by molar-refractivity contribution is 8.02. The van der Waals surface area contributed by atoms with Gasteiger partial charge in [-0.3, -0.25) is 10.1 Å². The summed E-state index contributed by atoms with van der Waals surface area (Å²) >= 11 is 1.29. The third-order valence-electron chi connectivity index (χ3n) is 2.35. The molecule has 1 heterocycles. The van der Waals surface area contributed by atoms with Crippen molar-refractivity contribution in [1.29, 1.82) is 0 Å². The van der Waals surface area contributed by atoms with E-state index in [9.17, 15) is 10.1 Å². The van der Waals surface area contributed by atoms with Crippen LogP contribution in [-0.2, 0) is 0 Å². The molecule has 0 saturated carbocycles. The molecule has 6 heteroatoms. The largest absolute Gasteiger partial charge is 0.461 e. The molecule has 1 N–H and O–H groups in total. The summed E-state index contributed by atoms with van der Waals surface area (Å²) in [5.41, 5.74) is 1.60. The van der Waals surface area contributed by atoms with E-state index in [0.717, 1.165) is 28.6 Å². The number of nitrogens with zero attached hydrogens (tertiary/aromatic N) is 1. The van der Waals surface area contributed by atoms with Gasteiger partial charge >= 0.3 is 0 Å². The van der Waals surface area contributed by atoms with E-state index in [2.05, 4.69) is 5.32 Å². The Labute approximate surface area is 108 Å². The first-order valence-corrected chi connectivity index (χ1v) is 6.47. The fraction of sp³-hybridized carbons (Fsp3) is 0.167. The van der Waals surface area contributed by atoms with Gasteiger partial charge in [-0.05, 0) is 37.4 Å². The summed E-state index contributed by atoms with van der Waals surface area (Å²) in [6, 6.07) is 7.50. The summed E-state index contributed by atoms with van der Waals surface area (Å²) in [5, 5.41) is 14.9. The molecule has 0 aliphatic carbocycles. The van der Waals surface area contributed by atoms with Crippen molar-refractivity contribution in [3.05, 3.63) is 51.4 Å². The van der Waals surface area contributed by atoms with Crippen molar-refractivity contribution in [1.82, 2.24) is 0 Å². The Hall–Kier alpha value is -1.95. The van der Waals surface area contributed by atoms with Gasteiger partial charge in [0.05, 0.1) is 4.92 Å². The number of thioether (sulfide) groups is 1. The Bertz CT molecular complexity index is 619. The van der Waals surface area contributed by atoms with E-state index in [0.29, 0.717) is 5.03 Å². The van der Waals surface area contributed by atoms with Crippen LogP contribution in [0.2, 0.25) is 0 Å². The molecule has 2 aromatic rings. The van der Waals surface area contributed by atoms with Crippen LogP contribution < -0.4 is 5.32 Å². The Kier molecular flexibility index (Phi) is 3.57. The second-order valence-corrected chi connectivity index (χ2v) is 4.57. The molecule has 0 aliphatic heterocycles. The van der Waals surface area contributed by atoms with Gasteiger partial charge in [0.1, 0.15) is 16.4 Å². The lowest BCUT2D eigenvalue weighted by molar-refractivity contribution is -0.402. The minimum Gasteiger partial charge on any atom is -0.461 e. The van der Waals surface area contributed by atoms with Crippen molar-refractivity contribution in [3.63, 3.8) is 0 Å². The van der Waals surface area contributed by atoms with Crippen LogP contribution in [0.3, 0.4) is 0 Å². The molecule has 0 amide bonds. The SMILES string of the molecule is CS/C(=C\[N+](=O)[O-])Nc1ccc2oc(C)cc2c1. The van der Waals surface area contributed by atoms with Crippen molar-refractivity contribution in [2.45, 2.75) is 6.92 Å². The van der Waals surface area contributed by atoms with Crippen LogP contribution >= 0.6 is 11.8 Å². The lowest BCUT2D eigenvalue weighted by Gasteiger charge is -2.05. The van der Waals surface area contributed by atoms with Crippen LogP contribution in [0.4, 0.5) is 5.69 Å². The van der Waals surface area contributed by atoms with Crippen LogP contribution in [0.25, 0.3) is 11.0 Å². The fourth-order valence-corrected chi connectivity index (χ4v) is 2.04. The van der Waals surface area contributed by atoms with E-state index >= 15 is 0 Å². The number of nitro groups is 1. The maximum atomic E-state index is 10.4. The van der Waals surface area contributed by atoms with Crippen LogP contribution in [0.1, 0.15) is 5.76 Å². The molecule has 0 saturated heterocycles. The van der Waals surface area contributed by atoms with Gasteiger partial charge in [0, 0.05) is 11.1 Å². The lowest BCUT2D eigenvalue weighted by Crippen LogP contribution is -1.98. The van der Waals surface area contributed by atoms with E-state index in [-0.39, 0.29) is 0 Å². The minimum absolute atomic E-state index is 0.473. The minimum atomic E-state index is -0.473. The maximum absolute atomic E-state index is 10.4. The Balaban J connectivity index is 2.28. The molecule has 1 aromatic heterocycles. The molecule has 94 valence electrons. The van der Waals surface area contributed by atoms with Crippen molar-refractivity contribution < 1.29 is 9.34 Å². The zero-order valence-electron chi connectivity index (χ0n) is 9.97. The first-order valence-electron chi connectivity index (χ1n) is 5.25. The molecule has 0 bridgehead atoms. The van der Waals surface area contributed by atoms with Gasteiger partial charge in [-0.15, -0.1) is 11.8 Å². The Morgan fingerprint density at radius 2 is 2.28 bits per heavy atom. The molecule has 0 spiro atoms. The summed E-state index contributed by atoms with van der Waals surface area (Å²) < 4.78 is 5.46. The van der Waals surface area contributed by atoms with E-state index < -0.39 is 4.92 Å². The number of aryl methyl sites for hydroxylation is 1. The highest BCUT2D eigenvalue weighted by atomic mass is 32.2. The molecule has 0 fully saturated rings. The summed E-state index contributed by atoms with van der Waals surface area (Å²) in [6.45, 7) is 1.88. The summed E-state index contributed by atoms with van der Waals surface area (Å²) in [5.74, 6) is 0.841. The third-order valence-corrected chi connectivity index (χ3v) is 3.00. The van der Waals surface area contributed by atoms with Crippen molar-refractivity contribution in [2.24, 2.45) is 0 Å². The predicted octanol–water partition coefficient (Wildman–Crippen LogP) is 3.59. The number of furan rings is 1. The van der Waals surface area contributed by atoms with Gasteiger partial charge in [-0.25, -0.2) is 0 Å². The molecule has 0 atom stereocenters. The van der Waals surface area contributed by atoms with E-state index in [1.807, 2.05) is 31.2 Å². The third kappa shape index (κ3) is 2.84. The standard InChI is InChI=1S/C12H12N2O3S/c1-8-5-9-6-10(3-4-11(9)17-8)13-12(18-2)7-14(15)16/h3-7,13H,1-2H3/b12-7-. The normalized spacial score (nSPS) is 11.8. The molecule has 0 aliphatic rings. The smallest absolute Gasteiger partial charge is 0.264 e. The highest BCUT2D eigenvalue weighted by Gasteiger charge is 2.05. The van der Waals surface area contributed by atoms with Gasteiger partial charge in [-0.1, -0.05) is 0 Å². The molecule has 5 nitrogen and oxygen atoms in total. The van der Waals surface area contributed by atoms with Gasteiger partial charge in [0.2, 0.25) is 0 Å². The van der Waals surface area contributed by atoms with Gasteiger partial charge in [-0.2, -0.15) is 0 Å². The fourth-order valence-electron chi connectivity index (χ4n) is 1.63. The average molecular weight is 264 g/mol. The van der Waals surface area contributed by atoms with E-state index in [1.165, 1.54) is 11.8 Å². The van der Waals surface area contributed by atoms with E-state index in [1.54, 1.807) is 6.26 Å². The maximum Gasteiger partial charge on any atom is 0.264 e. The number of fused-ring (bicyclic) bond motifs is 1. The predicted molar refractivity (Wildman–Crippen MR) is 73.2 cm³/mol. The Morgan fingerprint density at radius 1 is 1.50 bits per heavy atom. The molecular formula is C12H12N2O3S. The molecule has 18 heavy (non-hydrogen) atoms. The number of hydrogen-bond acceptors (Lipinski definition) is 5. The number of nitrogens with one attached hydrogen (secondary N) is 1. The van der Waals surface area contributed by atoms with Gasteiger partial charge in [0.25, 0.3) is 6.20 Å². The van der Waals surface area contributed by atoms with Gasteiger partial charge in [0.15, 0.2) is 0 Å². The Morgan fingerprint density at radius 3 is 2.94 bits per heavy atom. The first kappa shape index (κ1) is 12.5. The van der Waals surface area contributed by atoms with Crippen molar-refractivity contribution >= 4 is 28.4 Å². The number of benzene rings is 1. The zero-order valence-corrected chi connectivity index (χ0v) is 10.8. The average Bonchev–Trinajstić information content (AvgIpc) is 2.67. The van der Waals surface area contributed by atoms with Crippen LogP contribution in [0.5, 0.6) is 0 Å². The first-order chi connectivity index (χ1) is 8.58. The van der Waals surface area contributed by atoms with Gasteiger partial charge < -0.3 is 9.73 Å². The molecular weight excluding hydrogens is 252 g/mol. The van der Waals surface area contributed by atoms with E-state index in [4.69, 9.17) is 4.42 Å². The molecule has 0 unspecified atom stereocenters. The van der Waals surface area contributed by atoms with Crippen LogP contribution in [0, 0.1) is 17.0 Å². The topological polar surface area (TPSA) is 68.3 Å². The summed E-state index contributed by atoms with van der Waals surface area (Å²) in [7, 11) is 0. The second kappa shape index (κ2) is 5.14. The highest BCUT2D eigenvalue weighted by Crippen LogP contribution is 2.24. The molecule has 2 rings (SSSR count). The van der Waals surface area contributed by atoms with Crippen LogP contribution in [0.15, 0.2) is 39.9 Å². The molecule has 0 radical (unpaired) electrons. The quantitative estimate of drug-likeness (QED) is 0.675. The monoisotopic (exact) mass is 264 g/mol. The number of hydrogen-bond donors (Lipinski definition) is 1. The molecule has 1 aromatic carbocycles. The number of anilines is 1.